The molecule has 2 fully saturated rings. The molecule has 3 nitrogen and oxygen atoms in total. The van der Waals surface area contributed by atoms with Gasteiger partial charge in [0.15, 0.2) is 0 Å². The molecule has 1 aromatic carbocycles. The quantitative estimate of drug-likeness (QED) is 0.913. The molecule has 0 bridgehead atoms. The zero-order valence-corrected chi connectivity index (χ0v) is 12.2. The van der Waals surface area contributed by atoms with E-state index < -0.39 is 0 Å². The second kappa shape index (κ2) is 6.70. The van der Waals surface area contributed by atoms with E-state index in [2.05, 4.69) is 40.3 Å². The molecule has 1 aromatic rings. The maximum Gasteiger partial charge on any atom is 0.0600 e. The topological polar surface area (TPSA) is 26.7 Å². The van der Waals surface area contributed by atoms with Gasteiger partial charge in [-0.05, 0) is 37.7 Å². The summed E-state index contributed by atoms with van der Waals surface area (Å²) in [6.07, 6.45) is 7.41. The molecular weight excluding hydrogens is 248 g/mol. The Kier molecular flexibility index (Phi) is 4.71. The average molecular weight is 274 g/mol. The molecule has 0 amide bonds. The minimum atomic E-state index is 0.300. The van der Waals surface area contributed by atoms with Gasteiger partial charge in [-0.3, -0.25) is 0 Å². The molecule has 1 N–H and O–H groups in total. The van der Waals surface area contributed by atoms with Crippen molar-refractivity contribution >= 4 is 0 Å². The normalized spacial score (nSPS) is 28.9. The van der Waals surface area contributed by atoms with Crippen LogP contribution in [0.25, 0.3) is 0 Å². The Morgan fingerprint density at radius 1 is 0.900 bits per heavy atom. The van der Waals surface area contributed by atoms with Crippen LogP contribution in [0.1, 0.15) is 37.7 Å². The monoisotopic (exact) mass is 274 g/mol. The summed E-state index contributed by atoms with van der Waals surface area (Å²) in [5.41, 5.74) is 1.43. The van der Waals surface area contributed by atoms with Gasteiger partial charge in [0, 0.05) is 25.2 Å². The summed E-state index contributed by atoms with van der Waals surface area (Å²) in [6.45, 7) is 2.58. The third-order valence-electron chi connectivity index (χ3n) is 4.80. The Morgan fingerprint density at radius 2 is 1.60 bits per heavy atom. The standard InChI is InChI=1S/C17H26N2O/c20-14-17-10-6-12-19(17)18-11-5-4-9-16(18)13-15-7-2-1-3-8-15/h1-3,7-8,16-17,20H,4-6,9-14H2/t16-,17-/m0/s1. The van der Waals surface area contributed by atoms with Crippen LogP contribution in [0.5, 0.6) is 0 Å². The molecule has 2 atom stereocenters. The van der Waals surface area contributed by atoms with Gasteiger partial charge in [-0.15, -0.1) is 0 Å². The summed E-state index contributed by atoms with van der Waals surface area (Å²) in [6, 6.07) is 11.8. The van der Waals surface area contributed by atoms with Crippen molar-refractivity contribution in [2.45, 2.75) is 50.6 Å². The second-order valence-electron chi connectivity index (χ2n) is 6.14. The van der Waals surface area contributed by atoms with E-state index >= 15 is 0 Å². The lowest BCUT2D eigenvalue weighted by atomic mass is 9.97. The van der Waals surface area contributed by atoms with Crippen molar-refractivity contribution < 1.29 is 5.11 Å². The average Bonchev–Trinajstić information content (AvgIpc) is 2.97. The summed E-state index contributed by atoms with van der Waals surface area (Å²) in [5, 5.41) is 14.6. The molecular formula is C17H26N2O. The van der Waals surface area contributed by atoms with Crippen LogP contribution in [0, 0.1) is 0 Å². The van der Waals surface area contributed by atoms with Crippen LogP contribution in [0.3, 0.4) is 0 Å². The molecule has 2 heterocycles. The van der Waals surface area contributed by atoms with Crippen molar-refractivity contribution in [3.63, 3.8) is 0 Å². The van der Waals surface area contributed by atoms with Crippen LogP contribution in [-0.2, 0) is 6.42 Å². The van der Waals surface area contributed by atoms with Crippen molar-refractivity contribution in [2.75, 3.05) is 19.7 Å². The summed E-state index contributed by atoms with van der Waals surface area (Å²) in [4.78, 5) is 0. The maximum atomic E-state index is 9.57. The third kappa shape index (κ3) is 3.05. The van der Waals surface area contributed by atoms with E-state index in [-0.39, 0.29) is 0 Å². The van der Waals surface area contributed by atoms with Gasteiger partial charge < -0.3 is 5.11 Å². The third-order valence-corrected chi connectivity index (χ3v) is 4.80. The summed E-state index contributed by atoms with van der Waals surface area (Å²) >= 11 is 0. The van der Waals surface area contributed by atoms with Gasteiger partial charge in [0.05, 0.1) is 6.61 Å². The Labute approximate surface area is 122 Å². The number of benzene rings is 1. The van der Waals surface area contributed by atoms with Gasteiger partial charge in [0.1, 0.15) is 0 Å². The predicted molar refractivity (Wildman–Crippen MR) is 81.3 cm³/mol. The number of piperidine rings is 1. The predicted octanol–water partition coefficient (Wildman–Crippen LogP) is 2.46. The molecule has 2 saturated heterocycles. The molecule has 3 heteroatoms. The van der Waals surface area contributed by atoms with Crippen LogP contribution in [-0.4, -0.2) is 46.9 Å². The number of hydrogen-bond acceptors (Lipinski definition) is 3. The number of nitrogens with zero attached hydrogens (tertiary/aromatic N) is 2. The van der Waals surface area contributed by atoms with Gasteiger partial charge in [0.25, 0.3) is 0 Å². The number of hydrazine groups is 1. The van der Waals surface area contributed by atoms with Crippen molar-refractivity contribution in [3.05, 3.63) is 35.9 Å². The number of aliphatic hydroxyl groups is 1. The first-order valence-electron chi connectivity index (χ1n) is 8.06. The van der Waals surface area contributed by atoms with Crippen molar-refractivity contribution in [1.29, 1.82) is 0 Å². The Hall–Kier alpha value is -0.900. The highest BCUT2D eigenvalue weighted by Crippen LogP contribution is 2.27. The summed E-state index contributed by atoms with van der Waals surface area (Å²) in [5.74, 6) is 0. The van der Waals surface area contributed by atoms with E-state index in [1.54, 1.807) is 0 Å². The van der Waals surface area contributed by atoms with Crippen molar-refractivity contribution in [2.24, 2.45) is 0 Å². The fourth-order valence-electron chi connectivity index (χ4n) is 3.76. The Morgan fingerprint density at radius 3 is 2.40 bits per heavy atom. The number of rotatable bonds is 4. The lowest BCUT2D eigenvalue weighted by Crippen LogP contribution is -2.54. The Balaban J connectivity index is 1.70. The molecule has 0 aromatic heterocycles. The first-order chi connectivity index (χ1) is 9.88. The molecule has 0 aliphatic carbocycles. The highest BCUT2D eigenvalue weighted by Gasteiger charge is 2.34. The molecule has 2 aliphatic heterocycles. The molecule has 0 unspecified atom stereocenters. The molecule has 0 radical (unpaired) electrons. The number of aliphatic hydroxyl groups excluding tert-OH is 1. The van der Waals surface area contributed by atoms with E-state index in [1.807, 2.05) is 0 Å². The highest BCUT2D eigenvalue weighted by atomic mass is 16.3. The lowest BCUT2D eigenvalue weighted by Gasteiger charge is -2.44. The van der Waals surface area contributed by atoms with Gasteiger partial charge in [-0.1, -0.05) is 36.8 Å². The van der Waals surface area contributed by atoms with Gasteiger partial charge in [-0.2, -0.15) is 0 Å². The first kappa shape index (κ1) is 14.1. The Bertz CT molecular complexity index is 409. The van der Waals surface area contributed by atoms with Crippen LogP contribution < -0.4 is 0 Å². The zero-order chi connectivity index (χ0) is 13.8. The first-order valence-corrected chi connectivity index (χ1v) is 8.06. The fraction of sp³-hybridized carbons (Fsp3) is 0.647. The van der Waals surface area contributed by atoms with E-state index in [1.165, 1.54) is 31.2 Å². The van der Waals surface area contributed by atoms with E-state index in [9.17, 15) is 5.11 Å². The van der Waals surface area contributed by atoms with Gasteiger partial charge in [0.2, 0.25) is 0 Å². The molecule has 0 spiro atoms. The fourth-order valence-corrected chi connectivity index (χ4v) is 3.76. The minimum absolute atomic E-state index is 0.300. The lowest BCUT2D eigenvalue weighted by molar-refractivity contribution is -0.0962. The zero-order valence-electron chi connectivity index (χ0n) is 12.2. The summed E-state index contributed by atoms with van der Waals surface area (Å²) in [7, 11) is 0. The summed E-state index contributed by atoms with van der Waals surface area (Å²) < 4.78 is 0. The maximum absolute atomic E-state index is 9.57. The van der Waals surface area contributed by atoms with Gasteiger partial charge >= 0.3 is 0 Å². The minimum Gasteiger partial charge on any atom is -0.395 e. The van der Waals surface area contributed by atoms with Crippen LogP contribution >= 0.6 is 0 Å². The van der Waals surface area contributed by atoms with Crippen LogP contribution in [0.2, 0.25) is 0 Å². The van der Waals surface area contributed by atoms with Crippen molar-refractivity contribution in [1.82, 2.24) is 10.0 Å². The molecule has 2 aliphatic rings. The van der Waals surface area contributed by atoms with Crippen LogP contribution in [0.4, 0.5) is 0 Å². The SMILES string of the molecule is OC[C@@H]1CCCN1N1CCCC[C@H]1Cc1ccccc1. The molecule has 0 saturated carbocycles. The van der Waals surface area contributed by atoms with Crippen LogP contribution in [0.15, 0.2) is 30.3 Å². The van der Waals surface area contributed by atoms with Crippen molar-refractivity contribution in [3.8, 4) is 0 Å². The molecule has 110 valence electrons. The number of hydrogen-bond donors (Lipinski definition) is 1. The van der Waals surface area contributed by atoms with E-state index in [4.69, 9.17) is 0 Å². The van der Waals surface area contributed by atoms with E-state index in [0.717, 1.165) is 25.9 Å². The van der Waals surface area contributed by atoms with Gasteiger partial charge in [-0.25, -0.2) is 10.0 Å². The largest absolute Gasteiger partial charge is 0.395 e. The second-order valence-corrected chi connectivity index (χ2v) is 6.14. The smallest absolute Gasteiger partial charge is 0.0600 e. The van der Waals surface area contributed by atoms with E-state index in [0.29, 0.717) is 18.7 Å². The molecule has 20 heavy (non-hydrogen) atoms. The molecule has 3 rings (SSSR count). The highest BCUT2D eigenvalue weighted by molar-refractivity contribution is 5.16.